The molecule has 0 saturated carbocycles. The molecule has 0 spiro atoms. The van der Waals surface area contributed by atoms with Crippen molar-refractivity contribution in [3.8, 4) is 0 Å². The minimum Gasteiger partial charge on any atom is -0.296 e. The molecule has 0 saturated heterocycles. The molecule has 136 valence electrons. The lowest BCUT2D eigenvalue weighted by molar-refractivity contribution is 0.584. The molecule has 0 fully saturated rings. The third-order valence-electron chi connectivity index (χ3n) is 4.80. The van der Waals surface area contributed by atoms with Crippen LogP contribution in [-0.2, 0) is 16.4 Å². The first-order valence-electron chi connectivity index (χ1n) is 8.58. The molecule has 0 N–H and O–H groups in total. The molecule has 1 aliphatic rings. The Balaban J connectivity index is 1.86. The lowest BCUT2D eigenvalue weighted by atomic mass is 10.1. The maximum absolute atomic E-state index is 13.3. The van der Waals surface area contributed by atoms with E-state index in [2.05, 4.69) is 0 Å². The van der Waals surface area contributed by atoms with Gasteiger partial charge in [-0.25, -0.2) is 8.42 Å². The first kappa shape index (κ1) is 17.3. The van der Waals surface area contributed by atoms with Crippen LogP contribution in [0, 0.1) is 0 Å². The van der Waals surface area contributed by atoms with Gasteiger partial charge in [-0.2, -0.15) is 0 Å². The zero-order valence-electron chi connectivity index (χ0n) is 14.8. The van der Waals surface area contributed by atoms with Crippen molar-refractivity contribution in [1.82, 2.24) is 4.57 Å². The molecular formula is C19H20N2O3S2. The molecule has 4 rings (SSSR count). The van der Waals surface area contributed by atoms with E-state index in [4.69, 9.17) is 0 Å². The number of hydrogen-bond donors (Lipinski definition) is 0. The van der Waals surface area contributed by atoms with E-state index in [1.54, 1.807) is 22.8 Å². The van der Waals surface area contributed by atoms with Crippen molar-refractivity contribution in [2.45, 2.75) is 44.2 Å². The van der Waals surface area contributed by atoms with Crippen molar-refractivity contribution in [2.24, 2.45) is 0 Å². The molecule has 2 heterocycles. The fourth-order valence-electron chi connectivity index (χ4n) is 3.68. The highest BCUT2D eigenvalue weighted by Gasteiger charge is 2.36. The Bertz CT molecular complexity index is 1160. The molecule has 0 radical (unpaired) electrons. The standard InChI is InChI=1S/C19H20N2O3S2/c1-12(2)20-17-9-8-15(11-18(17)25-19(20)22)26(23,24)21-13(3)10-14-6-4-5-7-16(14)21/h4-9,11-13H,10H2,1-3H3/t13-/m1/s1. The summed E-state index contributed by atoms with van der Waals surface area (Å²) in [5, 5.41) is 0. The Morgan fingerprint density at radius 3 is 2.62 bits per heavy atom. The number of anilines is 1. The molecular weight excluding hydrogens is 368 g/mol. The highest BCUT2D eigenvalue weighted by molar-refractivity contribution is 7.93. The van der Waals surface area contributed by atoms with Crippen molar-refractivity contribution >= 4 is 37.3 Å². The van der Waals surface area contributed by atoms with E-state index in [9.17, 15) is 13.2 Å². The molecule has 0 amide bonds. The molecule has 1 aromatic heterocycles. The van der Waals surface area contributed by atoms with E-state index in [-0.39, 0.29) is 21.9 Å². The summed E-state index contributed by atoms with van der Waals surface area (Å²) < 4.78 is 30.5. The molecule has 7 heteroatoms. The number of nitrogens with zero attached hydrogens (tertiary/aromatic N) is 2. The number of thiazole rings is 1. The van der Waals surface area contributed by atoms with Crippen molar-refractivity contribution in [1.29, 1.82) is 0 Å². The van der Waals surface area contributed by atoms with Gasteiger partial charge in [0.05, 0.1) is 20.8 Å². The SMILES string of the molecule is CC(C)n1c(=O)sc2cc(S(=O)(=O)N3c4ccccc4C[C@H]3C)ccc21. The number of aromatic nitrogens is 1. The maximum atomic E-state index is 13.3. The fraction of sp³-hybridized carbons (Fsp3) is 0.316. The van der Waals surface area contributed by atoms with Crippen molar-refractivity contribution in [3.05, 3.63) is 57.7 Å². The van der Waals surface area contributed by atoms with Gasteiger partial charge in [0.2, 0.25) is 0 Å². The van der Waals surface area contributed by atoms with Gasteiger partial charge in [-0.3, -0.25) is 13.7 Å². The summed E-state index contributed by atoms with van der Waals surface area (Å²) in [4.78, 5) is 12.4. The number of para-hydroxylation sites is 1. The second-order valence-corrected chi connectivity index (χ2v) is 9.75. The van der Waals surface area contributed by atoms with Crippen LogP contribution in [0.5, 0.6) is 0 Å². The van der Waals surface area contributed by atoms with Crippen LogP contribution in [0.2, 0.25) is 0 Å². The zero-order chi connectivity index (χ0) is 18.6. The summed E-state index contributed by atoms with van der Waals surface area (Å²) in [6.07, 6.45) is 0.703. The number of rotatable bonds is 3. The van der Waals surface area contributed by atoms with Gasteiger partial charge in [-0.05, 0) is 57.0 Å². The van der Waals surface area contributed by atoms with Crippen LogP contribution in [0.1, 0.15) is 32.4 Å². The van der Waals surface area contributed by atoms with Crippen LogP contribution in [-0.4, -0.2) is 19.0 Å². The van der Waals surface area contributed by atoms with Gasteiger partial charge < -0.3 is 0 Å². The molecule has 0 aliphatic carbocycles. The zero-order valence-corrected chi connectivity index (χ0v) is 16.5. The van der Waals surface area contributed by atoms with Crippen LogP contribution in [0.3, 0.4) is 0 Å². The molecule has 26 heavy (non-hydrogen) atoms. The summed E-state index contributed by atoms with van der Waals surface area (Å²) in [6.45, 7) is 5.81. The summed E-state index contributed by atoms with van der Waals surface area (Å²) in [5.41, 5.74) is 2.57. The average molecular weight is 389 g/mol. The van der Waals surface area contributed by atoms with Gasteiger partial charge in [0.25, 0.3) is 10.0 Å². The van der Waals surface area contributed by atoms with E-state index in [1.165, 1.54) is 4.31 Å². The molecule has 2 aromatic carbocycles. The average Bonchev–Trinajstić information content (AvgIpc) is 3.09. The molecule has 0 unspecified atom stereocenters. The largest absolute Gasteiger partial charge is 0.308 e. The lowest BCUT2D eigenvalue weighted by Gasteiger charge is -2.24. The number of sulfonamides is 1. The first-order valence-corrected chi connectivity index (χ1v) is 10.8. The topological polar surface area (TPSA) is 59.4 Å². The Labute approximate surface area is 156 Å². The Morgan fingerprint density at radius 1 is 1.15 bits per heavy atom. The van der Waals surface area contributed by atoms with Crippen LogP contribution in [0.15, 0.2) is 52.2 Å². The van der Waals surface area contributed by atoms with E-state index < -0.39 is 10.0 Å². The van der Waals surface area contributed by atoms with E-state index in [0.29, 0.717) is 11.1 Å². The van der Waals surface area contributed by atoms with Crippen LogP contribution in [0.4, 0.5) is 5.69 Å². The summed E-state index contributed by atoms with van der Waals surface area (Å²) in [5.74, 6) is 0. The quantitative estimate of drug-likeness (QED) is 0.686. The highest BCUT2D eigenvalue weighted by atomic mass is 32.2. The van der Waals surface area contributed by atoms with Crippen molar-refractivity contribution in [3.63, 3.8) is 0 Å². The molecule has 5 nitrogen and oxygen atoms in total. The van der Waals surface area contributed by atoms with Crippen molar-refractivity contribution < 1.29 is 8.42 Å². The summed E-state index contributed by atoms with van der Waals surface area (Å²) in [6, 6.07) is 12.5. The molecule has 3 aromatic rings. The third kappa shape index (κ3) is 2.49. The van der Waals surface area contributed by atoms with Crippen LogP contribution in [0.25, 0.3) is 10.2 Å². The van der Waals surface area contributed by atoms with Crippen LogP contribution >= 0.6 is 11.3 Å². The normalized spacial score (nSPS) is 17.2. The third-order valence-corrected chi connectivity index (χ3v) is 7.65. The Morgan fingerprint density at radius 2 is 1.88 bits per heavy atom. The predicted octanol–water partition coefficient (Wildman–Crippen LogP) is 3.78. The van der Waals surface area contributed by atoms with Gasteiger partial charge in [-0.1, -0.05) is 29.5 Å². The van der Waals surface area contributed by atoms with Crippen LogP contribution < -0.4 is 9.18 Å². The monoisotopic (exact) mass is 388 g/mol. The Kier molecular flexibility index (Phi) is 3.96. The highest BCUT2D eigenvalue weighted by Crippen LogP contribution is 2.37. The second-order valence-electron chi connectivity index (χ2n) is 6.94. The molecule has 0 bridgehead atoms. The van der Waals surface area contributed by atoms with E-state index in [0.717, 1.165) is 28.1 Å². The fourth-order valence-corrected chi connectivity index (χ4v) is 6.53. The van der Waals surface area contributed by atoms with E-state index >= 15 is 0 Å². The predicted molar refractivity (Wildman–Crippen MR) is 106 cm³/mol. The van der Waals surface area contributed by atoms with Gasteiger partial charge in [-0.15, -0.1) is 0 Å². The number of hydrogen-bond acceptors (Lipinski definition) is 4. The lowest BCUT2D eigenvalue weighted by Crippen LogP contribution is -2.35. The molecule has 1 atom stereocenters. The minimum atomic E-state index is -3.69. The smallest absolute Gasteiger partial charge is 0.296 e. The number of benzene rings is 2. The van der Waals surface area contributed by atoms with Gasteiger partial charge >= 0.3 is 4.87 Å². The van der Waals surface area contributed by atoms with Gasteiger partial charge in [0.15, 0.2) is 0 Å². The Hall–Kier alpha value is -2.12. The molecule has 1 aliphatic heterocycles. The van der Waals surface area contributed by atoms with Gasteiger partial charge in [0, 0.05) is 12.1 Å². The summed E-state index contributed by atoms with van der Waals surface area (Å²) >= 11 is 1.09. The number of fused-ring (bicyclic) bond motifs is 2. The first-order chi connectivity index (χ1) is 12.3. The summed E-state index contributed by atoms with van der Waals surface area (Å²) in [7, 11) is -3.69. The van der Waals surface area contributed by atoms with Crippen molar-refractivity contribution in [2.75, 3.05) is 4.31 Å². The van der Waals surface area contributed by atoms with Gasteiger partial charge in [0.1, 0.15) is 0 Å². The maximum Gasteiger partial charge on any atom is 0.308 e. The minimum absolute atomic E-state index is 0.0317. The second kappa shape index (κ2) is 5.96. The van der Waals surface area contributed by atoms with E-state index in [1.807, 2.05) is 45.0 Å².